The molecule has 0 spiro atoms. The molecule has 1 aromatic carbocycles. The van der Waals surface area contributed by atoms with Crippen molar-refractivity contribution in [2.75, 3.05) is 0 Å². The third kappa shape index (κ3) is 2.36. The van der Waals surface area contributed by atoms with E-state index in [1.54, 1.807) is 12.1 Å². The minimum absolute atomic E-state index is 0.181. The van der Waals surface area contributed by atoms with E-state index in [1.807, 2.05) is 6.92 Å². The molecule has 2 aromatic rings. The molecule has 0 bridgehead atoms. The molecule has 1 atom stereocenters. The van der Waals surface area contributed by atoms with Crippen LogP contribution < -0.4 is 0 Å². The molecule has 0 amide bonds. The maximum Gasteiger partial charge on any atom is 0.137 e. The molecule has 0 fully saturated rings. The van der Waals surface area contributed by atoms with E-state index in [9.17, 15) is 13.9 Å². The molecule has 0 aliphatic rings. The number of aliphatic hydroxyl groups is 1. The molecule has 0 radical (unpaired) electrons. The number of rotatable bonds is 3. The summed E-state index contributed by atoms with van der Waals surface area (Å²) in [6.07, 6.45) is -0.189. The SMILES string of the molecule is CCC(O)c1ccc(-c2ccc(F)cc2F)o1. The highest BCUT2D eigenvalue weighted by Crippen LogP contribution is 2.28. The van der Waals surface area contributed by atoms with Gasteiger partial charge < -0.3 is 9.52 Å². The van der Waals surface area contributed by atoms with Crippen LogP contribution in [0.5, 0.6) is 0 Å². The van der Waals surface area contributed by atoms with Gasteiger partial charge in [0, 0.05) is 6.07 Å². The van der Waals surface area contributed by atoms with Crippen LogP contribution in [0.2, 0.25) is 0 Å². The third-order valence-corrected chi connectivity index (χ3v) is 2.54. The summed E-state index contributed by atoms with van der Waals surface area (Å²) in [6.45, 7) is 1.81. The number of hydrogen-bond donors (Lipinski definition) is 1. The monoisotopic (exact) mass is 238 g/mol. The lowest BCUT2D eigenvalue weighted by Crippen LogP contribution is -1.91. The predicted octanol–water partition coefficient (Wildman–Crippen LogP) is 3.67. The van der Waals surface area contributed by atoms with Gasteiger partial charge in [-0.3, -0.25) is 0 Å². The highest BCUT2D eigenvalue weighted by atomic mass is 19.1. The standard InChI is InChI=1S/C13H12F2O2/c1-2-11(16)13-6-5-12(17-13)9-4-3-8(14)7-10(9)15/h3-7,11,16H,2H2,1H3. The highest BCUT2D eigenvalue weighted by molar-refractivity contribution is 5.58. The van der Waals surface area contributed by atoms with Crippen LogP contribution in [-0.2, 0) is 0 Å². The summed E-state index contributed by atoms with van der Waals surface area (Å²) in [7, 11) is 0. The molecule has 90 valence electrons. The molecule has 0 aliphatic heterocycles. The van der Waals surface area contributed by atoms with Crippen molar-refractivity contribution in [2.24, 2.45) is 0 Å². The Morgan fingerprint density at radius 2 is 2.00 bits per heavy atom. The van der Waals surface area contributed by atoms with Gasteiger partial charge in [0.25, 0.3) is 0 Å². The maximum absolute atomic E-state index is 13.5. The third-order valence-electron chi connectivity index (χ3n) is 2.54. The number of halogens is 2. The fourth-order valence-electron chi connectivity index (χ4n) is 1.57. The van der Waals surface area contributed by atoms with Gasteiger partial charge in [0.2, 0.25) is 0 Å². The van der Waals surface area contributed by atoms with Gasteiger partial charge in [-0.05, 0) is 30.7 Å². The van der Waals surface area contributed by atoms with E-state index in [2.05, 4.69) is 0 Å². The average Bonchev–Trinajstić information content (AvgIpc) is 2.77. The maximum atomic E-state index is 13.5. The van der Waals surface area contributed by atoms with Crippen LogP contribution in [0.15, 0.2) is 34.7 Å². The van der Waals surface area contributed by atoms with Crippen LogP contribution in [0.1, 0.15) is 25.2 Å². The van der Waals surface area contributed by atoms with Crippen molar-refractivity contribution >= 4 is 0 Å². The second-order valence-electron chi connectivity index (χ2n) is 3.75. The Kier molecular flexibility index (Phi) is 3.24. The first kappa shape index (κ1) is 11.8. The molecule has 1 N–H and O–H groups in total. The Morgan fingerprint density at radius 1 is 1.24 bits per heavy atom. The zero-order valence-corrected chi connectivity index (χ0v) is 9.28. The summed E-state index contributed by atoms with van der Waals surface area (Å²) < 4.78 is 31.5. The molecule has 1 heterocycles. The lowest BCUT2D eigenvalue weighted by Gasteiger charge is -2.03. The zero-order valence-electron chi connectivity index (χ0n) is 9.28. The van der Waals surface area contributed by atoms with Gasteiger partial charge in [0.05, 0.1) is 5.56 Å². The topological polar surface area (TPSA) is 33.4 Å². The number of hydrogen-bond acceptors (Lipinski definition) is 2. The van der Waals surface area contributed by atoms with Crippen LogP contribution in [0.3, 0.4) is 0 Å². The largest absolute Gasteiger partial charge is 0.458 e. The van der Waals surface area contributed by atoms with Crippen molar-refractivity contribution < 1.29 is 18.3 Å². The number of aliphatic hydroxyl groups excluding tert-OH is 1. The summed E-state index contributed by atoms with van der Waals surface area (Å²) in [5, 5.41) is 9.56. The van der Waals surface area contributed by atoms with E-state index in [4.69, 9.17) is 4.42 Å². The summed E-state index contributed by atoms with van der Waals surface area (Å²) >= 11 is 0. The number of furan rings is 1. The molecule has 0 saturated carbocycles. The quantitative estimate of drug-likeness (QED) is 0.885. The minimum atomic E-state index is -0.702. The summed E-state index contributed by atoms with van der Waals surface area (Å²) in [5.41, 5.74) is 0.181. The van der Waals surface area contributed by atoms with Crippen molar-refractivity contribution in [1.82, 2.24) is 0 Å². The van der Waals surface area contributed by atoms with Crippen LogP contribution in [0, 0.1) is 11.6 Å². The molecule has 2 nitrogen and oxygen atoms in total. The van der Waals surface area contributed by atoms with Crippen LogP contribution in [0.25, 0.3) is 11.3 Å². The fourth-order valence-corrected chi connectivity index (χ4v) is 1.57. The van der Waals surface area contributed by atoms with Gasteiger partial charge >= 0.3 is 0 Å². The van der Waals surface area contributed by atoms with Crippen molar-refractivity contribution in [3.63, 3.8) is 0 Å². The molecule has 17 heavy (non-hydrogen) atoms. The Bertz CT molecular complexity index is 520. The number of benzene rings is 1. The van der Waals surface area contributed by atoms with Gasteiger partial charge in [-0.25, -0.2) is 8.78 Å². The smallest absolute Gasteiger partial charge is 0.137 e. The van der Waals surface area contributed by atoms with E-state index >= 15 is 0 Å². The molecular weight excluding hydrogens is 226 g/mol. The Hall–Kier alpha value is -1.68. The molecular formula is C13H12F2O2. The van der Waals surface area contributed by atoms with E-state index in [-0.39, 0.29) is 11.3 Å². The first-order chi connectivity index (χ1) is 8.11. The molecule has 0 saturated heterocycles. The van der Waals surface area contributed by atoms with Gasteiger partial charge in [-0.2, -0.15) is 0 Å². The summed E-state index contributed by atoms with van der Waals surface area (Å²) in [5.74, 6) is -0.653. The Morgan fingerprint density at radius 3 is 2.65 bits per heavy atom. The molecule has 1 unspecified atom stereocenters. The highest BCUT2D eigenvalue weighted by Gasteiger charge is 2.14. The summed E-state index contributed by atoms with van der Waals surface area (Å²) in [6, 6.07) is 6.42. The van der Waals surface area contributed by atoms with E-state index in [0.717, 1.165) is 12.1 Å². The first-order valence-electron chi connectivity index (χ1n) is 5.35. The first-order valence-corrected chi connectivity index (χ1v) is 5.35. The normalized spacial score (nSPS) is 12.7. The fraction of sp³-hybridized carbons (Fsp3) is 0.231. The molecule has 1 aromatic heterocycles. The van der Waals surface area contributed by atoms with Crippen molar-refractivity contribution in [3.8, 4) is 11.3 Å². The summed E-state index contributed by atoms with van der Waals surface area (Å²) in [4.78, 5) is 0. The van der Waals surface area contributed by atoms with E-state index < -0.39 is 17.7 Å². The zero-order chi connectivity index (χ0) is 12.4. The van der Waals surface area contributed by atoms with Crippen molar-refractivity contribution in [2.45, 2.75) is 19.4 Å². The predicted molar refractivity (Wildman–Crippen MR) is 59.3 cm³/mol. The molecule has 2 rings (SSSR count). The Labute approximate surface area is 97.5 Å². The molecule has 0 aliphatic carbocycles. The second-order valence-corrected chi connectivity index (χ2v) is 3.75. The van der Waals surface area contributed by atoms with Gasteiger partial charge in [0.15, 0.2) is 0 Å². The second kappa shape index (κ2) is 4.67. The van der Waals surface area contributed by atoms with Gasteiger partial charge in [-0.15, -0.1) is 0 Å². The van der Waals surface area contributed by atoms with Crippen LogP contribution in [0.4, 0.5) is 8.78 Å². The van der Waals surface area contributed by atoms with Gasteiger partial charge in [-0.1, -0.05) is 6.92 Å². The Balaban J connectivity index is 2.37. The van der Waals surface area contributed by atoms with Crippen LogP contribution in [-0.4, -0.2) is 5.11 Å². The van der Waals surface area contributed by atoms with E-state index in [0.29, 0.717) is 12.2 Å². The lowest BCUT2D eigenvalue weighted by atomic mass is 10.1. The lowest BCUT2D eigenvalue weighted by molar-refractivity contribution is 0.146. The molecule has 4 heteroatoms. The van der Waals surface area contributed by atoms with Gasteiger partial charge in [0.1, 0.15) is 29.3 Å². The van der Waals surface area contributed by atoms with E-state index in [1.165, 1.54) is 6.07 Å². The minimum Gasteiger partial charge on any atom is -0.458 e. The average molecular weight is 238 g/mol. The van der Waals surface area contributed by atoms with Crippen LogP contribution >= 0.6 is 0 Å². The van der Waals surface area contributed by atoms with Crippen molar-refractivity contribution in [1.29, 1.82) is 0 Å². The van der Waals surface area contributed by atoms with Crippen molar-refractivity contribution in [3.05, 3.63) is 47.7 Å².